The van der Waals surface area contributed by atoms with Gasteiger partial charge in [0.1, 0.15) is 6.61 Å². The van der Waals surface area contributed by atoms with Gasteiger partial charge in [-0.05, 0) is 23.3 Å². The predicted octanol–water partition coefficient (Wildman–Crippen LogP) is 3.37. The number of hydrogen-bond donors (Lipinski definition) is 1. The molecule has 1 heterocycles. The molecule has 0 atom stereocenters. The fourth-order valence-electron chi connectivity index (χ4n) is 2.17. The third-order valence-electron chi connectivity index (χ3n) is 3.29. The van der Waals surface area contributed by atoms with Crippen LogP contribution in [0.15, 0.2) is 54.6 Å². The van der Waals surface area contributed by atoms with Gasteiger partial charge in [-0.2, -0.15) is 0 Å². The van der Waals surface area contributed by atoms with Gasteiger partial charge in [0.2, 0.25) is 0 Å². The van der Waals surface area contributed by atoms with Crippen LogP contribution in [0.2, 0.25) is 0 Å². The van der Waals surface area contributed by atoms with Gasteiger partial charge in [0.15, 0.2) is 0 Å². The summed E-state index contributed by atoms with van der Waals surface area (Å²) in [6.07, 6.45) is -0.639. The first kappa shape index (κ1) is 13.2. The summed E-state index contributed by atoms with van der Waals surface area (Å²) >= 11 is 0. The minimum Gasteiger partial charge on any atom is -0.444 e. The number of hydrogen-bond acceptors (Lipinski definition) is 3. The Balaban J connectivity index is 1.80. The van der Waals surface area contributed by atoms with Crippen LogP contribution >= 0.6 is 0 Å². The average Bonchev–Trinajstić information content (AvgIpc) is 2.68. The van der Waals surface area contributed by atoms with Crippen LogP contribution in [0.4, 0.5) is 15.3 Å². The molecule has 1 aliphatic rings. The molecule has 106 valence electrons. The van der Waals surface area contributed by atoms with Gasteiger partial charge in [-0.15, -0.1) is 0 Å². The van der Waals surface area contributed by atoms with Crippen molar-refractivity contribution in [2.75, 3.05) is 5.32 Å². The number of nitrogens with one attached hydrogen (secondary N) is 1. The van der Waals surface area contributed by atoms with Crippen LogP contribution in [0.5, 0.6) is 0 Å². The van der Waals surface area contributed by atoms with Gasteiger partial charge < -0.3 is 10.1 Å². The molecule has 0 fully saturated rings. The van der Waals surface area contributed by atoms with Crippen molar-refractivity contribution in [1.29, 1.82) is 0 Å². The van der Waals surface area contributed by atoms with E-state index >= 15 is 0 Å². The molecule has 0 bridgehead atoms. The summed E-state index contributed by atoms with van der Waals surface area (Å²) < 4.78 is 5.13. The number of urea groups is 1. The number of anilines is 1. The van der Waals surface area contributed by atoms with Gasteiger partial charge in [0.05, 0.1) is 6.54 Å². The third kappa shape index (κ3) is 2.86. The summed E-state index contributed by atoms with van der Waals surface area (Å²) in [7, 11) is 0. The fraction of sp³-hybridized carbons (Fsp3) is 0.125. The first-order valence-electron chi connectivity index (χ1n) is 6.61. The van der Waals surface area contributed by atoms with Crippen LogP contribution in [0, 0.1) is 0 Å². The molecular formula is C16H14N2O3. The Hall–Kier alpha value is -2.82. The molecule has 1 N–H and O–H groups in total. The highest BCUT2D eigenvalue weighted by atomic mass is 16.6. The summed E-state index contributed by atoms with van der Waals surface area (Å²) in [6, 6.07) is 16.0. The van der Waals surface area contributed by atoms with E-state index in [-0.39, 0.29) is 13.2 Å². The number of fused-ring (bicyclic) bond motifs is 1. The van der Waals surface area contributed by atoms with Crippen molar-refractivity contribution in [3.05, 3.63) is 65.7 Å². The van der Waals surface area contributed by atoms with Crippen LogP contribution < -0.4 is 5.32 Å². The molecule has 0 saturated carbocycles. The minimum atomic E-state index is -0.639. The van der Waals surface area contributed by atoms with Gasteiger partial charge in [-0.3, -0.25) is 0 Å². The second kappa shape index (κ2) is 5.66. The van der Waals surface area contributed by atoms with Gasteiger partial charge in [-0.25, -0.2) is 14.5 Å². The van der Waals surface area contributed by atoms with E-state index in [4.69, 9.17) is 4.74 Å². The Bertz CT molecular complexity index is 670. The van der Waals surface area contributed by atoms with Gasteiger partial charge in [0.25, 0.3) is 0 Å². The summed E-state index contributed by atoms with van der Waals surface area (Å²) in [5.41, 5.74) is 2.46. The van der Waals surface area contributed by atoms with Crippen molar-refractivity contribution in [2.24, 2.45) is 0 Å². The second-order valence-corrected chi connectivity index (χ2v) is 4.71. The molecule has 0 aromatic heterocycles. The largest absolute Gasteiger partial charge is 0.444 e. The summed E-state index contributed by atoms with van der Waals surface area (Å²) in [6.45, 7) is 0.387. The van der Waals surface area contributed by atoms with Gasteiger partial charge >= 0.3 is 12.1 Å². The lowest BCUT2D eigenvalue weighted by molar-refractivity contribution is 0.111. The lowest BCUT2D eigenvalue weighted by atomic mass is 10.1. The molecule has 1 aliphatic heterocycles. The maximum absolute atomic E-state index is 12.3. The lowest BCUT2D eigenvalue weighted by Gasteiger charge is -2.18. The standard InChI is InChI=1S/C16H14N2O3/c19-15(17-14-8-2-1-3-9-14)18-10-12-6-4-5-7-13(12)11-21-16(18)20/h1-9H,10-11H2,(H,17,19). The number of nitrogens with zero attached hydrogens (tertiary/aromatic N) is 1. The number of carbonyl (C=O) groups is 2. The molecule has 5 nitrogen and oxygen atoms in total. The zero-order chi connectivity index (χ0) is 14.7. The SMILES string of the molecule is O=C(Nc1ccccc1)N1Cc2ccccc2COC1=O. The number of benzene rings is 2. The molecule has 0 saturated heterocycles. The molecule has 0 aliphatic carbocycles. The van der Waals surface area contributed by atoms with Crippen molar-refractivity contribution in [3.8, 4) is 0 Å². The first-order chi connectivity index (χ1) is 10.2. The van der Waals surface area contributed by atoms with Crippen molar-refractivity contribution in [2.45, 2.75) is 13.2 Å². The zero-order valence-electron chi connectivity index (χ0n) is 11.3. The number of amides is 3. The molecule has 21 heavy (non-hydrogen) atoms. The van der Waals surface area contributed by atoms with Gasteiger partial charge in [0, 0.05) is 5.69 Å². The Labute approximate surface area is 122 Å². The summed E-state index contributed by atoms with van der Waals surface area (Å²) in [4.78, 5) is 25.3. The van der Waals surface area contributed by atoms with E-state index in [9.17, 15) is 9.59 Å². The van der Waals surface area contributed by atoms with E-state index in [1.807, 2.05) is 42.5 Å². The highest BCUT2D eigenvalue weighted by Crippen LogP contribution is 2.19. The minimum absolute atomic E-state index is 0.185. The Morgan fingerprint density at radius 1 is 1.00 bits per heavy atom. The number of ether oxygens (including phenoxy) is 1. The lowest BCUT2D eigenvalue weighted by Crippen LogP contribution is -2.38. The van der Waals surface area contributed by atoms with E-state index in [1.165, 1.54) is 0 Å². The molecule has 0 unspecified atom stereocenters. The topological polar surface area (TPSA) is 58.6 Å². The number of imide groups is 1. The fourth-order valence-corrected chi connectivity index (χ4v) is 2.17. The molecule has 3 amide bonds. The maximum Gasteiger partial charge on any atom is 0.418 e. The third-order valence-corrected chi connectivity index (χ3v) is 3.29. The summed E-state index contributed by atoms with van der Waals surface area (Å²) in [5.74, 6) is 0. The van der Waals surface area contributed by atoms with Crippen LogP contribution in [0.25, 0.3) is 0 Å². The molecule has 0 spiro atoms. The number of cyclic esters (lactones) is 1. The van der Waals surface area contributed by atoms with Crippen LogP contribution in [0.1, 0.15) is 11.1 Å². The zero-order valence-corrected chi connectivity index (χ0v) is 11.3. The van der Waals surface area contributed by atoms with Crippen molar-refractivity contribution >= 4 is 17.8 Å². The predicted molar refractivity (Wildman–Crippen MR) is 77.6 cm³/mol. The quantitative estimate of drug-likeness (QED) is 0.872. The molecule has 5 heteroatoms. The van der Waals surface area contributed by atoms with E-state index in [2.05, 4.69) is 5.32 Å². The average molecular weight is 282 g/mol. The van der Waals surface area contributed by atoms with E-state index in [0.29, 0.717) is 5.69 Å². The number of rotatable bonds is 1. The molecule has 2 aromatic rings. The molecular weight excluding hydrogens is 268 g/mol. The van der Waals surface area contributed by atoms with E-state index < -0.39 is 12.1 Å². The monoisotopic (exact) mass is 282 g/mol. The second-order valence-electron chi connectivity index (χ2n) is 4.71. The molecule has 2 aromatic carbocycles. The Morgan fingerprint density at radius 3 is 2.43 bits per heavy atom. The normalized spacial score (nSPS) is 13.9. The van der Waals surface area contributed by atoms with Crippen LogP contribution in [0.3, 0.4) is 0 Å². The first-order valence-corrected chi connectivity index (χ1v) is 6.61. The number of carbonyl (C=O) groups excluding carboxylic acids is 2. The number of para-hydroxylation sites is 1. The van der Waals surface area contributed by atoms with Crippen molar-refractivity contribution < 1.29 is 14.3 Å². The summed E-state index contributed by atoms with van der Waals surface area (Å²) in [5, 5.41) is 2.69. The maximum atomic E-state index is 12.3. The van der Waals surface area contributed by atoms with Gasteiger partial charge in [-0.1, -0.05) is 42.5 Å². The van der Waals surface area contributed by atoms with Crippen molar-refractivity contribution in [1.82, 2.24) is 4.90 Å². The molecule has 0 radical (unpaired) electrons. The Morgan fingerprint density at radius 2 is 1.67 bits per heavy atom. The van der Waals surface area contributed by atoms with Crippen LogP contribution in [-0.2, 0) is 17.9 Å². The Kier molecular flexibility index (Phi) is 3.55. The molecule has 3 rings (SSSR count). The van der Waals surface area contributed by atoms with Crippen LogP contribution in [-0.4, -0.2) is 17.0 Å². The van der Waals surface area contributed by atoms with E-state index in [1.54, 1.807) is 12.1 Å². The van der Waals surface area contributed by atoms with Crippen molar-refractivity contribution in [3.63, 3.8) is 0 Å². The highest BCUT2D eigenvalue weighted by molar-refractivity contribution is 5.99. The van der Waals surface area contributed by atoms with E-state index in [0.717, 1.165) is 16.0 Å². The highest BCUT2D eigenvalue weighted by Gasteiger charge is 2.27. The smallest absolute Gasteiger partial charge is 0.418 e.